The highest BCUT2D eigenvalue weighted by atomic mass is 16.6. The van der Waals surface area contributed by atoms with Gasteiger partial charge in [-0.1, -0.05) is 60.7 Å². The van der Waals surface area contributed by atoms with Crippen LogP contribution in [0.2, 0.25) is 0 Å². The Balaban J connectivity index is 1.56. The van der Waals surface area contributed by atoms with Crippen molar-refractivity contribution in [2.24, 2.45) is 0 Å². The summed E-state index contributed by atoms with van der Waals surface area (Å²) in [5, 5.41) is 13.9. The van der Waals surface area contributed by atoms with E-state index in [0.717, 1.165) is 16.7 Å². The molecule has 1 heterocycles. The molecule has 33 heavy (non-hydrogen) atoms. The number of amides is 2. The highest BCUT2D eigenvalue weighted by molar-refractivity contribution is 5.97. The van der Waals surface area contributed by atoms with Crippen LogP contribution in [0.3, 0.4) is 0 Å². The van der Waals surface area contributed by atoms with E-state index in [0.29, 0.717) is 17.7 Å². The van der Waals surface area contributed by atoms with E-state index < -0.39 is 23.0 Å². The van der Waals surface area contributed by atoms with Crippen molar-refractivity contribution in [3.63, 3.8) is 0 Å². The molecule has 0 radical (unpaired) electrons. The first-order valence-electron chi connectivity index (χ1n) is 10.5. The SMILES string of the molecule is Cc1ccc([N+](=O)[O-])cc1NC(=O)[C@H]1Cc2ccccc2CN1C(=O)OCc1ccccc1. The molecule has 2 amide bonds. The fourth-order valence-electron chi connectivity index (χ4n) is 3.83. The van der Waals surface area contributed by atoms with Crippen molar-refractivity contribution >= 4 is 23.4 Å². The van der Waals surface area contributed by atoms with E-state index in [1.54, 1.807) is 13.0 Å². The smallest absolute Gasteiger partial charge is 0.411 e. The lowest BCUT2D eigenvalue weighted by Gasteiger charge is -2.35. The average Bonchev–Trinajstić information content (AvgIpc) is 2.83. The van der Waals surface area contributed by atoms with Crippen LogP contribution in [0.1, 0.15) is 22.3 Å². The Hall–Kier alpha value is -4.20. The summed E-state index contributed by atoms with van der Waals surface area (Å²) in [5.74, 6) is -0.426. The molecular formula is C25H23N3O5. The molecular weight excluding hydrogens is 422 g/mol. The number of carbonyl (C=O) groups excluding carboxylic acids is 2. The molecule has 3 aromatic rings. The third kappa shape index (κ3) is 5.01. The largest absolute Gasteiger partial charge is 0.445 e. The van der Waals surface area contributed by atoms with Gasteiger partial charge in [0.1, 0.15) is 12.6 Å². The van der Waals surface area contributed by atoms with Gasteiger partial charge in [0, 0.05) is 18.6 Å². The maximum absolute atomic E-state index is 13.3. The fraction of sp³-hybridized carbons (Fsp3) is 0.200. The van der Waals surface area contributed by atoms with E-state index in [9.17, 15) is 19.7 Å². The van der Waals surface area contributed by atoms with Crippen molar-refractivity contribution in [3.8, 4) is 0 Å². The molecule has 0 aromatic heterocycles. The molecule has 0 saturated carbocycles. The molecule has 0 aliphatic carbocycles. The Kier molecular flexibility index (Phi) is 6.35. The number of aryl methyl sites for hydroxylation is 1. The molecule has 1 aliphatic heterocycles. The molecule has 0 spiro atoms. The molecule has 8 heteroatoms. The number of nitrogens with zero attached hydrogens (tertiary/aromatic N) is 2. The Labute approximate surface area is 190 Å². The standard InChI is InChI=1S/C25H23N3O5/c1-17-11-12-21(28(31)32)14-22(17)26-24(29)23-13-19-9-5-6-10-20(19)15-27(23)25(30)33-16-18-7-3-2-4-8-18/h2-12,14,23H,13,15-16H2,1H3,(H,26,29)/t23-/m1/s1. The van der Waals surface area contributed by atoms with Gasteiger partial charge in [0.15, 0.2) is 0 Å². The second kappa shape index (κ2) is 9.52. The number of anilines is 1. The minimum Gasteiger partial charge on any atom is -0.445 e. The van der Waals surface area contributed by atoms with Crippen LogP contribution in [-0.4, -0.2) is 27.9 Å². The molecule has 8 nitrogen and oxygen atoms in total. The number of nitro benzene ring substituents is 1. The minimum absolute atomic E-state index is 0.0934. The highest BCUT2D eigenvalue weighted by Crippen LogP contribution is 2.27. The molecule has 0 fully saturated rings. The lowest BCUT2D eigenvalue weighted by Crippen LogP contribution is -2.50. The van der Waals surface area contributed by atoms with Gasteiger partial charge in [-0.3, -0.25) is 19.8 Å². The zero-order valence-corrected chi connectivity index (χ0v) is 18.1. The Bertz CT molecular complexity index is 1200. The second-order valence-electron chi connectivity index (χ2n) is 7.90. The summed E-state index contributed by atoms with van der Waals surface area (Å²) in [6.45, 7) is 2.08. The van der Waals surface area contributed by atoms with E-state index in [1.165, 1.54) is 17.0 Å². The van der Waals surface area contributed by atoms with Gasteiger partial charge >= 0.3 is 6.09 Å². The van der Waals surface area contributed by atoms with Crippen molar-refractivity contribution < 1.29 is 19.2 Å². The number of rotatable bonds is 5. The quantitative estimate of drug-likeness (QED) is 0.457. The van der Waals surface area contributed by atoms with Gasteiger partial charge in [0.25, 0.3) is 5.69 Å². The fourth-order valence-corrected chi connectivity index (χ4v) is 3.83. The predicted octanol–water partition coefficient (Wildman–Crippen LogP) is 4.61. The lowest BCUT2D eigenvalue weighted by molar-refractivity contribution is -0.384. The number of hydrogen-bond donors (Lipinski definition) is 1. The summed E-state index contributed by atoms with van der Waals surface area (Å²) >= 11 is 0. The Morgan fingerprint density at radius 3 is 2.48 bits per heavy atom. The highest BCUT2D eigenvalue weighted by Gasteiger charge is 2.36. The van der Waals surface area contributed by atoms with E-state index in [2.05, 4.69) is 5.32 Å². The topological polar surface area (TPSA) is 102 Å². The van der Waals surface area contributed by atoms with Crippen LogP contribution in [0.5, 0.6) is 0 Å². The van der Waals surface area contributed by atoms with Gasteiger partial charge in [0.05, 0.1) is 17.2 Å². The molecule has 0 bridgehead atoms. The number of non-ortho nitro benzene ring substituents is 1. The van der Waals surface area contributed by atoms with Crippen LogP contribution in [-0.2, 0) is 29.1 Å². The number of benzene rings is 3. The van der Waals surface area contributed by atoms with Crippen LogP contribution in [0, 0.1) is 17.0 Å². The summed E-state index contributed by atoms with van der Waals surface area (Å²) < 4.78 is 5.51. The Morgan fingerprint density at radius 1 is 1.06 bits per heavy atom. The first-order valence-corrected chi connectivity index (χ1v) is 10.5. The first kappa shape index (κ1) is 22.0. The molecule has 1 N–H and O–H groups in total. The normalized spacial score (nSPS) is 14.8. The molecule has 3 aromatic carbocycles. The summed E-state index contributed by atoms with van der Waals surface area (Å²) in [6.07, 6.45) is -0.277. The molecule has 1 aliphatic rings. The van der Waals surface area contributed by atoms with E-state index in [4.69, 9.17) is 4.74 Å². The summed E-state index contributed by atoms with van der Waals surface area (Å²) in [7, 11) is 0. The summed E-state index contributed by atoms with van der Waals surface area (Å²) in [4.78, 5) is 38.3. The third-order valence-corrected chi connectivity index (χ3v) is 5.68. The third-order valence-electron chi connectivity index (χ3n) is 5.68. The lowest BCUT2D eigenvalue weighted by atomic mass is 9.93. The van der Waals surface area contributed by atoms with Crippen LogP contribution < -0.4 is 5.32 Å². The molecule has 0 saturated heterocycles. The van der Waals surface area contributed by atoms with Crippen LogP contribution >= 0.6 is 0 Å². The van der Waals surface area contributed by atoms with Gasteiger partial charge in [-0.2, -0.15) is 0 Å². The Morgan fingerprint density at radius 2 is 1.76 bits per heavy atom. The van der Waals surface area contributed by atoms with Crippen molar-refractivity contribution in [2.75, 3.05) is 5.32 Å². The first-order chi connectivity index (χ1) is 15.9. The van der Waals surface area contributed by atoms with Gasteiger partial charge in [-0.05, 0) is 29.2 Å². The molecule has 0 unspecified atom stereocenters. The van der Waals surface area contributed by atoms with Gasteiger partial charge in [-0.25, -0.2) is 4.79 Å². The van der Waals surface area contributed by atoms with Crippen molar-refractivity contribution in [2.45, 2.75) is 32.5 Å². The number of hydrogen-bond acceptors (Lipinski definition) is 5. The average molecular weight is 445 g/mol. The summed E-state index contributed by atoms with van der Waals surface area (Å²) in [5.41, 5.74) is 3.67. The molecule has 4 rings (SSSR count). The van der Waals surface area contributed by atoms with E-state index >= 15 is 0 Å². The van der Waals surface area contributed by atoms with Gasteiger partial charge < -0.3 is 10.1 Å². The monoisotopic (exact) mass is 445 g/mol. The van der Waals surface area contributed by atoms with Crippen molar-refractivity contribution in [3.05, 3.63) is 105 Å². The van der Waals surface area contributed by atoms with Crippen LogP contribution in [0.4, 0.5) is 16.2 Å². The second-order valence-corrected chi connectivity index (χ2v) is 7.90. The minimum atomic E-state index is -0.818. The molecule has 168 valence electrons. The number of ether oxygens (including phenoxy) is 1. The van der Waals surface area contributed by atoms with Crippen molar-refractivity contribution in [1.82, 2.24) is 4.90 Å². The van der Waals surface area contributed by atoms with Crippen LogP contribution in [0.15, 0.2) is 72.8 Å². The predicted molar refractivity (Wildman–Crippen MR) is 123 cm³/mol. The zero-order chi connectivity index (χ0) is 23.4. The number of carbonyl (C=O) groups is 2. The summed E-state index contributed by atoms with van der Waals surface area (Å²) in [6, 6.07) is 20.4. The number of nitrogens with one attached hydrogen (secondary N) is 1. The molecule has 1 atom stereocenters. The van der Waals surface area contributed by atoms with E-state index in [1.807, 2.05) is 54.6 Å². The maximum atomic E-state index is 13.3. The zero-order valence-electron chi connectivity index (χ0n) is 18.1. The van der Waals surface area contributed by atoms with E-state index in [-0.39, 0.29) is 18.8 Å². The number of fused-ring (bicyclic) bond motifs is 1. The van der Waals surface area contributed by atoms with Gasteiger partial charge in [-0.15, -0.1) is 0 Å². The number of nitro groups is 1. The van der Waals surface area contributed by atoms with Gasteiger partial charge in [0.2, 0.25) is 5.91 Å². The van der Waals surface area contributed by atoms with Crippen LogP contribution in [0.25, 0.3) is 0 Å². The maximum Gasteiger partial charge on any atom is 0.411 e. The van der Waals surface area contributed by atoms with Crippen molar-refractivity contribution in [1.29, 1.82) is 0 Å².